The van der Waals surface area contributed by atoms with Crippen molar-refractivity contribution in [1.82, 2.24) is 14.9 Å². The van der Waals surface area contributed by atoms with Gasteiger partial charge in [0, 0.05) is 46.3 Å². The summed E-state index contributed by atoms with van der Waals surface area (Å²) >= 11 is 0. The third-order valence-electron chi connectivity index (χ3n) is 5.41. The molecule has 4 rings (SSSR count). The van der Waals surface area contributed by atoms with Crippen LogP contribution in [0.3, 0.4) is 0 Å². The van der Waals surface area contributed by atoms with Crippen LogP contribution in [-0.2, 0) is 12.8 Å². The van der Waals surface area contributed by atoms with Crippen molar-refractivity contribution in [2.75, 3.05) is 13.1 Å². The number of H-pyrrole nitrogens is 1. The molecule has 2 heterocycles. The van der Waals surface area contributed by atoms with Crippen LogP contribution in [0.1, 0.15) is 58.7 Å². The number of hydrogen-bond acceptors (Lipinski definition) is 2. The average Bonchev–Trinajstić information content (AvgIpc) is 3.38. The van der Waals surface area contributed by atoms with Crippen molar-refractivity contribution in [2.24, 2.45) is 5.73 Å². The molecule has 4 heteroatoms. The predicted octanol–water partition coefficient (Wildman–Crippen LogP) is 6.46. The lowest BCUT2D eigenvalue weighted by Crippen LogP contribution is -2.24. The van der Waals surface area contributed by atoms with Crippen molar-refractivity contribution >= 4 is 21.8 Å². The Balaban J connectivity index is 0.000000211. The van der Waals surface area contributed by atoms with E-state index >= 15 is 0 Å². The molecule has 0 aliphatic rings. The molecule has 174 valence electrons. The van der Waals surface area contributed by atoms with E-state index in [-0.39, 0.29) is 0 Å². The quantitative estimate of drug-likeness (QED) is 0.313. The summed E-state index contributed by atoms with van der Waals surface area (Å²) in [7, 11) is 0. The molecule has 0 aliphatic carbocycles. The smallest absolute Gasteiger partial charge is 0.0485 e. The van der Waals surface area contributed by atoms with Gasteiger partial charge in [0.05, 0.1) is 0 Å². The maximum Gasteiger partial charge on any atom is 0.0485 e. The van der Waals surface area contributed by atoms with Crippen LogP contribution in [0.2, 0.25) is 0 Å². The number of nitrogens with two attached hydrogens (primary N) is 1. The standard InChI is InChI=1S/2C13H18N2.C2H6/c1-10(2)15-9-11(7-8-14)12-5-3-4-6-13(12)15;1-10(2)14-8-7-11-9-15-13-6-4-3-5-12(11)13;1-2/h3-6,9-10H,7-8,14H2,1-2H3;3-6,9-10,14-15H,7-8H2,1-2H3;1-2H3. The van der Waals surface area contributed by atoms with Crippen molar-refractivity contribution in [3.8, 4) is 0 Å². The number of rotatable bonds is 7. The minimum atomic E-state index is 0.501. The second-order valence-corrected chi connectivity index (χ2v) is 8.43. The van der Waals surface area contributed by atoms with Gasteiger partial charge >= 0.3 is 0 Å². The fraction of sp³-hybridized carbons (Fsp3) is 0.429. The average molecular weight is 435 g/mol. The maximum atomic E-state index is 5.63. The summed E-state index contributed by atoms with van der Waals surface area (Å²) in [6.07, 6.45) is 6.40. The minimum absolute atomic E-state index is 0.501. The van der Waals surface area contributed by atoms with E-state index in [0.29, 0.717) is 18.6 Å². The Labute approximate surface area is 194 Å². The molecule has 0 aliphatic heterocycles. The van der Waals surface area contributed by atoms with E-state index in [2.05, 4.69) is 103 Å². The lowest BCUT2D eigenvalue weighted by molar-refractivity contribution is 0.591. The summed E-state index contributed by atoms with van der Waals surface area (Å²) in [6, 6.07) is 18.1. The van der Waals surface area contributed by atoms with Gasteiger partial charge < -0.3 is 20.6 Å². The summed E-state index contributed by atoms with van der Waals surface area (Å²) in [6.45, 7) is 14.5. The Hall–Kier alpha value is -2.56. The van der Waals surface area contributed by atoms with Gasteiger partial charge in [-0.3, -0.25) is 0 Å². The highest BCUT2D eigenvalue weighted by atomic mass is 15.0. The van der Waals surface area contributed by atoms with Gasteiger partial charge in [0.1, 0.15) is 0 Å². The molecular formula is C28H42N4. The highest BCUT2D eigenvalue weighted by molar-refractivity contribution is 5.84. The van der Waals surface area contributed by atoms with Crippen molar-refractivity contribution in [1.29, 1.82) is 0 Å². The van der Waals surface area contributed by atoms with Gasteiger partial charge in [-0.25, -0.2) is 0 Å². The molecule has 0 bridgehead atoms. The molecule has 2 aromatic heterocycles. The number of hydrogen-bond donors (Lipinski definition) is 3. The zero-order valence-electron chi connectivity index (χ0n) is 20.8. The van der Waals surface area contributed by atoms with Gasteiger partial charge in [-0.2, -0.15) is 0 Å². The fourth-order valence-corrected chi connectivity index (χ4v) is 3.89. The van der Waals surface area contributed by atoms with E-state index in [1.165, 1.54) is 32.9 Å². The Morgan fingerprint density at radius 2 is 1.53 bits per heavy atom. The van der Waals surface area contributed by atoms with E-state index < -0.39 is 0 Å². The lowest BCUT2D eigenvalue weighted by atomic mass is 10.1. The van der Waals surface area contributed by atoms with E-state index in [1.807, 2.05) is 13.8 Å². The van der Waals surface area contributed by atoms with Gasteiger partial charge in [-0.15, -0.1) is 0 Å². The third kappa shape index (κ3) is 6.72. The topological polar surface area (TPSA) is 58.8 Å². The van der Waals surface area contributed by atoms with Crippen molar-refractivity contribution in [3.63, 3.8) is 0 Å². The number of benzene rings is 2. The molecule has 2 aromatic carbocycles. The first-order valence-corrected chi connectivity index (χ1v) is 12.1. The second kappa shape index (κ2) is 13.1. The third-order valence-corrected chi connectivity index (χ3v) is 5.41. The van der Waals surface area contributed by atoms with Gasteiger partial charge in [-0.1, -0.05) is 64.1 Å². The summed E-state index contributed by atoms with van der Waals surface area (Å²) in [5, 5.41) is 6.13. The van der Waals surface area contributed by atoms with Crippen LogP contribution >= 0.6 is 0 Å². The van der Waals surface area contributed by atoms with Crippen molar-refractivity contribution in [3.05, 3.63) is 72.1 Å². The van der Waals surface area contributed by atoms with Crippen LogP contribution in [-0.4, -0.2) is 28.7 Å². The van der Waals surface area contributed by atoms with E-state index in [0.717, 1.165) is 19.4 Å². The fourth-order valence-electron chi connectivity index (χ4n) is 3.89. The number of aromatic nitrogens is 2. The largest absolute Gasteiger partial charge is 0.361 e. The Morgan fingerprint density at radius 3 is 2.19 bits per heavy atom. The Bertz CT molecular complexity index is 1060. The first-order valence-electron chi connectivity index (χ1n) is 12.1. The van der Waals surface area contributed by atoms with Crippen LogP contribution in [0, 0.1) is 0 Å². The zero-order chi connectivity index (χ0) is 23.5. The molecule has 0 saturated heterocycles. The summed E-state index contributed by atoms with van der Waals surface area (Å²) in [5.41, 5.74) is 10.9. The summed E-state index contributed by atoms with van der Waals surface area (Å²) in [5.74, 6) is 0. The SMILES string of the molecule is CC.CC(C)NCCc1c[nH]c2ccccc12.CC(C)n1cc(CCN)c2ccccc21. The highest BCUT2D eigenvalue weighted by Crippen LogP contribution is 2.24. The van der Waals surface area contributed by atoms with Crippen molar-refractivity contribution in [2.45, 2.75) is 66.5 Å². The summed E-state index contributed by atoms with van der Waals surface area (Å²) < 4.78 is 2.32. The number of nitrogens with zero attached hydrogens (tertiary/aromatic N) is 1. The molecule has 0 unspecified atom stereocenters. The van der Waals surface area contributed by atoms with Gasteiger partial charge in [0.2, 0.25) is 0 Å². The normalized spacial score (nSPS) is 10.9. The molecule has 4 N–H and O–H groups in total. The van der Waals surface area contributed by atoms with E-state index in [9.17, 15) is 0 Å². The summed E-state index contributed by atoms with van der Waals surface area (Å²) in [4.78, 5) is 3.30. The van der Waals surface area contributed by atoms with Gasteiger partial charge in [0.25, 0.3) is 0 Å². The molecule has 4 nitrogen and oxygen atoms in total. The molecule has 0 amide bonds. The van der Waals surface area contributed by atoms with Gasteiger partial charge in [-0.05, 0) is 63.0 Å². The molecular weight excluding hydrogens is 392 g/mol. The lowest BCUT2D eigenvalue weighted by Gasteiger charge is -2.08. The molecule has 0 spiro atoms. The maximum absolute atomic E-state index is 5.63. The number of nitrogens with one attached hydrogen (secondary N) is 2. The molecule has 32 heavy (non-hydrogen) atoms. The zero-order valence-corrected chi connectivity index (χ0v) is 20.8. The molecule has 0 fully saturated rings. The Morgan fingerprint density at radius 1 is 0.875 bits per heavy atom. The first-order chi connectivity index (χ1) is 15.5. The molecule has 0 atom stereocenters. The monoisotopic (exact) mass is 434 g/mol. The van der Waals surface area contributed by atoms with Crippen LogP contribution in [0.25, 0.3) is 21.8 Å². The second-order valence-electron chi connectivity index (χ2n) is 8.43. The Kier molecular flexibility index (Phi) is 10.5. The highest BCUT2D eigenvalue weighted by Gasteiger charge is 2.08. The van der Waals surface area contributed by atoms with Crippen LogP contribution < -0.4 is 11.1 Å². The van der Waals surface area contributed by atoms with E-state index in [1.54, 1.807) is 0 Å². The predicted molar refractivity (Wildman–Crippen MR) is 142 cm³/mol. The van der Waals surface area contributed by atoms with Crippen LogP contribution in [0.15, 0.2) is 60.9 Å². The number of aromatic amines is 1. The van der Waals surface area contributed by atoms with Crippen LogP contribution in [0.5, 0.6) is 0 Å². The van der Waals surface area contributed by atoms with Crippen LogP contribution in [0.4, 0.5) is 0 Å². The first kappa shape index (κ1) is 25.7. The molecule has 0 radical (unpaired) electrons. The van der Waals surface area contributed by atoms with E-state index in [4.69, 9.17) is 5.73 Å². The molecule has 4 aromatic rings. The number of para-hydroxylation sites is 2. The number of fused-ring (bicyclic) bond motifs is 2. The minimum Gasteiger partial charge on any atom is -0.361 e. The molecule has 0 saturated carbocycles. The van der Waals surface area contributed by atoms with Crippen molar-refractivity contribution < 1.29 is 0 Å². The van der Waals surface area contributed by atoms with Gasteiger partial charge in [0.15, 0.2) is 0 Å².